The fourth-order valence-corrected chi connectivity index (χ4v) is 3.96. The number of nitrogens with one attached hydrogen (secondary N) is 1. The van der Waals surface area contributed by atoms with Crippen molar-refractivity contribution >= 4 is 33.2 Å². The van der Waals surface area contributed by atoms with Gasteiger partial charge in [0.2, 0.25) is 0 Å². The molecule has 0 aliphatic heterocycles. The van der Waals surface area contributed by atoms with Gasteiger partial charge in [-0.15, -0.1) is 0 Å². The predicted molar refractivity (Wildman–Crippen MR) is 124 cm³/mol. The van der Waals surface area contributed by atoms with Crippen molar-refractivity contribution in [1.29, 1.82) is 0 Å². The van der Waals surface area contributed by atoms with E-state index in [2.05, 4.69) is 4.98 Å². The van der Waals surface area contributed by atoms with Crippen LogP contribution in [-0.2, 0) is 0 Å². The second-order valence-corrected chi connectivity index (χ2v) is 7.40. The van der Waals surface area contributed by atoms with Gasteiger partial charge >= 0.3 is 0 Å². The molecule has 6 rings (SSSR count). The fourth-order valence-electron chi connectivity index (χ4n) is 3.96. The average molecular weight is 419 g/mol. The first-order chi connectivity index (χ1) is 15.7. The molecule has 3 heterocycles. The Kier molecular flexibility index (Phi) is 4.01. The van der Waals surface area contributed by atoms with Crippen molar-refractivity contribution < 1.29 is 4.74 Å². The molecule has 3 aromatic carbocycles. The number of methoxy groups -OCH3 is 1. The molecule has 32 heavy (non-hydrogen) atoms. The molecular weight excluding hydrogens is 402 g/mol. The van der Waals surface area contributed by atoms with Crippen molar-refractivity contribution in [3.8, 4) is 22.8 Å². The molecule has 0 bridgehead atoms. The molecule has 6 aromatic rings. The van der Waals surface area contributed by atoms with Gasteiger partial charge in [-0.05, 0) is 36.4 Å². The Morgan fingerprint density at radius 3 is 2.19 bits per heavy atom. The number of hydrogen-bond acceptors (Lipinski definition) is 5. The predicted octanol–water partition coefficient (Wildman–Crippen LogP) is 4.49. The molecule has 0 aliphatic carbocycles. The van der Waals surface area contributed by atoms with E-state index in [0.29, 0.717) is 28.0 Å². The van der Waals surface area contributed by atoms with Crippen molar-refractivity contribution in [1.82, 2.24) is 24.5 Å². The van der Waals surface area contributed by atoms with Crippen LogP contribution < -0.4 is 10.3 Å². The van der Waals surface area contributed by atoms with Crippen LogP contribution in [0.4, 0.5) is 0 Å². The van der Waals surface area contributed by atoms with Gasteiger partial charge in [0.1, 0.15) is 22.5 Å². The monoisotopic (exact) mass is 419 g/mol. The third-order valence-electron chi connectivity index (χ3n) is 5.49. The number of fused-ring (bicyclic) bond motifs is 4. The topological polar surface area (TPSA) is 85.7 Å². The van der Waals surface area contributed by atoms with Crippen molar-refractivity contribution in [3.05, 3.63) is 89.2 Å². The molecule has 0 amide bonds. The highest BCUT2D eigenvalue weighted by molar-refractivity contribution is 6.06. The van der Waals surface area contributed by atoms with E-state index in [1.54, 1.807) is 7.11 Å². The first-order valence-electron chi connectivity index (χ1n) is 10.1. The molecule has 154 valence electrons. The molecule has 7 nitrogen and oxygen atoms in total. The van der Waals surface area contributed by atoms with Gasteiger partial charge in [-0.3, -0.25) is 9.36 Å². The smallest absolute Gasteiger partial charge is 0.262 e. The number of aromatic amines is 1. The molecular formula is C25H17N5O2. The first-order valence-corrected chi connectivity index (χ1v) is 10.1. The van der Waals surface area contributed by atoms with Gasteiger partial charge in [-0.2, -0.15) is 0 Å². The van der Waals surface area contributed by atoms with Crippen LogP contribution in [0.25, 0.3) is 50.3 Å². The zero-order valence-electron chi connectivity index (χ0n) is 17.1. The Morgan fingerprint density at radius 2 is 1.47 bits per heavy atom. The number of nitrogens with zero attached hydrogens (tertiary/aromatic N) is 4. The Hall–Kier alpha value is -4.52. The van der Waals surface area contributed by atoms with E-state index < -0.39 is 0 Å². The lowest BCUT2D eigenvalue weighted by atomic mass is 10.2. The van der Waals surface area contributed by atoms with Crippen LogP contribution >= 0.6 is 0 Å². The molecule has 0 spiro atoms. The van der Waals surface area contributed by atoms with Crippen molar-refractivity contribution in [2.75, 3.05) is 7.11 Å². The largest absolute Gasteiger partial charge is 0.497 e. The number of ether oxygens (including phenoxy) is 1. The van der Waals surface area contributed by atoms with Crippen LogP contribution in [0, 0.1) is 0 Å². The third-order valence-corrected chi connectivity index (χ3v) is 5.49. The van der Waals surface area contributed by atoms with Gasteiger partial charge in [0.05, 0.1) is 18.1 Å². The summed E-state index contributed by atoms with van der Waals surface area (Å²) >= 11 is 0. The zero-order chi connectivity index (χ0) is 21.7. The SMILES string of the molecule is COc1ccc(-n2c3nc4ccccc4nc3c3c(=O)[nH]c(-c4ccccc4)nc32)cc1. The quantitative estimate of drug-likeness (QED) is 0.457. The summed E-state index contributed by atoms with van der Waals surface area (Å²) in [7, 11) is 1.63. The van der Waals surface area contributed by atoms with Crippen molar-refractivity contribution in [2.24, 2.45) is 0 Å². The maximum absolute atomic E-state index is 13.3. The summed E-state index contributed by atoms with van der Waals surface area (Å²) in [6.45, 7) is 0. The molecule has 0 fully saturated rings. The van der Waals surface area contributed by atoms with Gasteiger partial charge in [0, 0.05) is 11.3 Å². The highest BCUT2D eigenvalue weighted by Gasteiger charge is 2.21. The van der Waals surface area contributed by atoms with E-state index in [9.17, 15) is 4.79 Å². The summed E-state index contributed by atoms with van der Waals surface area (Å²) in [5, 5.41) is 0.411. The Bertz CT molecular complexity index is 1670. The van der Waals surface area contributed by atoms with Gasteiger partial charge in [0.15, 0.2) is 11.3 Å². The Balaban J connectivity index is 1.77. The number of benzene rings is 3. The summed E-state index contributed by atoms with van der Waals surface area (Å²) in [4.78, 5) is 30.7. The molecule has 0 unspecified atom stereocenters. The summed E-state index contributed by atoms with van der Waals surface area (Å²) in [5.41, 5.74) is 4.45. The lowest BCUT2D eigenvalue weighted by molar-refractivity contribution is 0.415. The number of hydrogen-bond donors (Lipinski definition) is 1. The van der Waals surface area contributed by atoms with Crippen LogP contribution in [-0.4, -0.2) is 31.6 Å². The molecule has 0 radical (unpaired) electrons. The minimum Gasteiger partial charge on any atom is -0.497 e. The first kappa shape index (κ1) is 18.3. The number of para-hydroxylation sites is 2. The van der Waals surface area contributed by atoms with Gasteiger partial charge in [-0.25, -0.2) is 15.0 Å². The van der Waals surface area contributed by atoms with Crippen molar-refractivity contribution in [2.45, 2.75) is 0 Å². The maximum Gasteiger partial charge on any atom is 0.262 e. The second kappa shape index (κ2) is 7.02. The molecule has 7 heteroatoms. The average Bonchev–Trinajstić information content (AvgIpc) is 3.16. The van der Waals surface area contributed by atoms with Crippen LogP contribution in [0.1, 0.15) is 0 Å². The Morgan fingerprint density at radius 1 is 0.781 bits per heavy atom. The third kappa shape index (κ3) is 2.75. The normalized spacial score (nSPS) is 11.4. The summed E-state index contributed by atoms with van der Waals surface area (Å²) in [5.74, 6) is 1.23. The van der Waals surface area contributed by atoms with E-state index in [1.165, 1.54) is 0 Å². The van der Waals surface area contributed by atoms with Crippen LogP contribution in [0.2, 0.25) is 0 Å². The van der Waals surface area contributed by atoms with Gasteiger partial charge in [-0.1, -0.05) is 42.5 Å². The van der Waals surface area contributed by atoms with E-state index >= 15 is 0 Å². The molecule has 0 aliphatic rings. The molecule has 0 atom stereocenters. The highest BCUT2D eigenvalue weighted by Crippen LogP contribution is 2.30. The van der Waals surface area contributed by atoms with E-state index in [4.69, 9.17) is 19.7 Å². The molecule has 0 saturated heterocycles. The van der Waals surface area contributed by atoms with Crippen LogP contribution in [0.3, 0.4) is 0 Å². The molecule has 1 N–H and O–H groups in total. The van der Waals surface area contributed by atoms with E-state index in [0.717, 1.165) is 28.0 Å². The lowest BCUT2D eigenvalue weighted by Gasteiger charge is -2.08. The van der Waals surface area contributed by atoms with Gasteiger partial charge < -0.3 is 9.72 Å². The molecule has 0 saturated carbocycles. The fraction of sp³-hybridized carbons (Fsp3) is 0.0400. The van der Waals surface area contributed by atoms with E-state index in [1.807, 2.05) is 83.4 Å². The van der Waals surface area contributed by atoms with Crippen LogP contribution in [0.5, 0.6) is 5.75 Å². The van der Waals surface area contributed by atoms with Gasteiger partial charge in [0.25, 0.3) is 5.56 Å². The number of H-pyrrole nitrogens is 1. The summed E-state index contributed by atoms with van der Waals surface area (Å²) in [6, 6.07) is 24.8. The highest BCUT2D eigenvalue weighted by atomic mass is 16.5. The number of aromatic nitrogens is 5. The Labute approximate surface area is 182 Å². The number of rotatable bonds is 3. The zero-order valence-corrected chi connectivity index (χ0v) is 17.1. The minimum atomic E-state index is -0.254. The summed E-state index contributed by atoms with van der Waals surface area (Å²) in [6.07, 6.45) is 0. The standard InChI is InChI=1S/C25H17N5O2/c1-32-17-13-11-16(12-14-17)30-23-20(21-24(30)27-19-10-6-5-9-18(19)26-21)25(31)29-22(28-23)15-7-3-2-4-8-15/h2-14H,1H3,(H,28,29,31). The maximum atomic E-state index is 13.3. The second-order valence-electron chi connectivity index (χ2n) is 7.40. The minimum absolute atomic E-state index is 0.254. The molecule has 3 aromatic heterocycles. The summed E-state index contributed by atoms with van der Waals surface area (Å²) < 4.78 is 7.19. The lowest BCUT2D eigenvalue weighted by Crippen LogP contribution is -2.10. The van der Waals surface area contributed by atoms with Crippen molar-refractivity contribution in [3.63, 3.8) is 0 Å². The van der Waals surface area contributed by atoms with E-state index in [-0.39, 0.29) is 5.56 Å². The van der Waals surface area contributed by atoms with Crippen LogP contribution in [0.15, 0.2) is 83.7 Å².